The smallest absolute Gasteiger partial charge is 0.239 e. The summed E-state index contributed by atoms with van der Waals surface area (Å²) in [4.78, 5) is 18.0. The number of carbonyl (C=O) groups excluding carboxylic acids is 1. The van der Waals surface area contributed by atoms with E-state index in [0.717, 1.165) is 43.1 Å². The monoisotopic (exact) mass is 239 g/mol. The lowest BCUT2D eigenvalue weighted by molar-refractivity contribution is -0.134. The van der Waals surface area contributed by atoms with E-state index in [1.165, 1.54) is 0 Å². The highest BCUT2D eigenvalue weighted by Crippen LogP contribution is 2.12. The fourth-order valence-electron chi connectivity index (χ4n) is 1.96. The summed E-state index contributed by atoms with van der Waals surface area (Å²) in [5.41, 5.74) is 6.82. The lowest BCUT2D eigenvalue weighted by atomic mass is 10.1. The second-order valence-electron chi connectivity index (χ2n) is 4.18. The highest BCUT2D eigenvalue weighted by atomic mass is 32.1. The van der Waals surface area contributed by atoms with Crippen molar-refractivity contribution in [3.63, 3.8) is 0 Å². The van der Waals surface area contributed by atoms with E-state index in [2.05, 4.69) is 10.4 Å². The summed E-state index contributed by atoms with van der Waals surface area (Å²) in [5, 5.41) is 3.14. The first kappa shape index (κ1) is 11.5. The maximum absolute atomic E-state index is 11.7. The Morgan fingerprint density at radius 3 is 3.19 bits per heavy atom. The van der Waals surface area contributed by atoms with Gasteiger partial charge >= 0.3 is 0 Å². The number of amides is 1. The SMILES string of the molecule is Cc1nc(CCN2CCCC(N)C2=O)cs1. The summed E-state index contributed by atoms with van der Waals surface area (Å²) >= 11 is 1.65. The third-order valence-electron chi connectivity index (χ3n) is 2.88. The molecule has 4 nitrogen and oxygen atoms in total. The Bertz CT molecular complexity index is 377. The Morgan fingerprint density at radius 1 is 1.69 bits per heavy atom. The van der Waals surface area contributed by atoms with Crippen molar-refractivity contribution in [2.45, 2.75) is 32.2 Å². The minimum absolute atomic E-state index is 0.0956. The summed E-state index contributed by atoms with van der Waals surface area (Å²) in [7, 11) is 0. The van der Waals surface area contributed by atoms with E-state index >= 15 is 0 Å². The Hall–Kier alpha value is -0.940. The van der Waals surface area contributed by atoms with Crippen molar-refractivity contribution in [2.24, 2.45) is 5.73 Å². The first-order chi connectivity index (χ1) is 7.66. The Morgan fingerprint density at radius 2 is 2.50 bits per heavy atom. The van der Waals surface area contributed by atoms with E-state index < -0.39 is 0 Å². The molecule has 1 amide bonds. The molecule has 16 heavy (non-hydrogen) atoms. The van der Waals surface area contributed by atoms with Crippen LogP contribution < -0.4 is 5.73 Å². The molecule has 1 saturated heterocycles. The largest absolute Gasteiger partial charge is 0.341 e. The predicted molar refractivity (Wildman–Crippen MR) is 64.3 cm³/mol. The molecule has 2 N–H and O–H groups in total. The zero-order valence-corrected chi connectivity index (χ0v) is 10.3. The maximum atomic E-state index is 11.7. The van der Waals surface area contributed by atoms with Gasteiger partial charge in [-0.1, -0.05) is 0 Å². The Labute approximate surface area is 99.5 Å². The van der Waals surface area contributed by atoms with Gasteiger partial charge in [0, 0.05) is 24.9 Å². The number of hydrogen-bond acceptors (Lipinski definition) is 4. The molecular weight excluding hydrogens is 222 g/mol. The number of thiazole rings is 1. The molecule has 2 rings (SSSR count). The number of aryl methyl sites for hydroxylation is 1. The van der Waals surface area contributed by atoms with Crippen LogP contribution in [0.1, 0.15) is 23.5 Å². The van der Waals surface area contributed by atoms with Crippen LogP contribution in [0.5, 0.6) is 0 Å². The van der Waals surface area contributed by atoms with Gasteiger partial charge in [0.2, 0.25) is 5.91 Å². The van der Waals surface area contributed by atoms with Crippen LogP contribution in [0.2, 0.25) is 0 Å². The molecule has 1 aromatic rings. The molecule has 1 fully saturated rings. The molecule has 5 heteroatoms. The van der Waals surface area contributed by atoms with E-state index in [9.17, 15) is 4.79 Å². The van der Waals surface area contributed by atoms with Gasteiger partial charge in [0.1, 0.15) is 0 Å². The number of hydrogen-bond donors (Lipinski definition) is 1. The average Bonchev–Trinajstić information content (AvgIpc) is 2.67. The van der Waals surface area contributed by atoms with Crippen LogP contribution in [0.25, 0.3) is 0 Å². The molecule has 0 saturated carbocycles. The number of aromatic nitrogens is 1. The number of likely N-dealkylation sites (tertiary alicyclic amines) is 1. The minimum Gasteiger partial charge on any atom is -0.341 e. The molecule has 0 radical (unpaired) electrons. The average molecular weight is 239 g/mol. The summed E-state index contributed by atoms with van der Waals surface area (Å²) in [6.45, 7) is 3.58. The van der Waals surface area contributed by atoms with Crippen molar-refractivity contribution in [1.29, 1.82) is 0 Å². The molecule has 1 unspecified atom stereocenters. The number of nitrogens with two attached hydrogens (primary N) is 1. The molecule has 0 aliphatic carbocycles. The quantitative estimate of drug-likeness (QED) is 0.854. The zero-order valence-electron chi connectivity index (χ0n) is 9.48. The van der Waals surface area contributed by atoms with Crippen LogP contribution in [0, 0.1) is 6.92 Å². The topological polar surface area (TPSA) is 59.2 Å². The van der Waals surface area contributed by atoms with Gasteiger partial charge < -0.3 is 10.6 Å². The first-order valence-electron chi connectivity index (χ1n) is 5.62. The normalized spacial score (nSPS) is 21.5. The highest BCUT2D eigenvalue weighted by Gasteiger charge is 2.25. The van der Waals surface area contributed by atoms with E-state index in [0.29, 0.717) is 0 Å². The van der Waals surface area contributed by atoms with Gasteiger partial charge in [-0.2, -0.15) is 0 Å². The standard InChI is InChI=1S/C11H17N3OS/c1-8-13-9(7-16-8)4-6-14-5-2-3-10(12)11(14)15/h7,10H,2-6,12H2,1H3. The summed E-state index contributed by atoms with van der Waals surface area (Å²) < 4.78 is 0. The highest BCUT2D eigenvalue weighted by molar-refractivity contribution is 7.09. The van der Waals surface area contributed by atoms with Crippen molar-refractivity contribution in [2.75, 3.05) is 13.1 Å². The molecule has 0 spiro atoms. The molecule has 1 aliphatic heterocycles. The van der Waals surface area contributed by atoms with Crippen LogP contribution in [0.4, 0.5) is 0 Å². The first-order valence-corrected chi connectivity index (χ1v) is 6.50. The van der Waals surface area contributed by atoms with E-state index in [4.69, 9.17) is 5.73 Å². The maximum Gasteiger partial charge on any atom is 0.239 e. The second kappa shape index (κ2) is 4.93. The summed E-state index contributed by atoms with van der Waals surface area (Å²) in [6.07, 6.45) is 2.68. The number of carbonyl (C=O) groups is 1. The fraction of sp³-hybridized carbons (Fsp3) is 0.636. The number of rotatable bonds is 3. The van der Waals surface area contributed by atoms with Crippen molar-refractivity contribution in [3.8, 4) is 0 Å². The van der Waals surface area contributed by atoms with Gasteiger partial charge in [-0.25, -0.2) is 4.98 Å². The van der Waals surface area contributed by atoms with Gasteiger partial charge in [-0.15, -0.1) is 11.3 Å². The van der Waals surface area contributed by atoms with Crippen molar-refractivity contribution in [1.82, 2.24) is 9.88 Å². The zero-order chi connectivity index (χ0) is 11.5. The third-order valence-corrected chi connectivity index (χ3v) is 3.70. The van der Waals surface area contributed by atoms with E-state index in [-0.39, 0.29) is 11.9 Å². The minimum atomic E-state index is -0.286. The van der Waals surface area contributed by atoms with Gasteiger partial charge in [-0.05, 0) is 19.8 Å². The van der Waals surface area contributed by atoms with E-state index in [1.54, 1.807) is 11.3 Å². The van der Waals surface area contributed by atoms with Crippen molar-refractivity contribution < 1.29 is 4.79 Å². The van der Waals surface area contributed by atoms with E-state index in [1.807, 2.05) is 11.8 Å². The predicted octanol–water partition coefficient (Wildman–Crippen LogP) is 0.944. The van der Waals surface area contributed by atoms with Crippen molar-refractivity contribution in [3.05, 3.63) is 16.1 Å². The molecule has 1 aliphatic rings. The molecule has 88 valence electrons. The third kappa shape index (κ3) is 2.59. The molecule has 2 heterocycles. The van der Waals surface area contributed by atoms with Crippen molar-refractivity contribution >= 4 is 17.2 Å². The molecule has 0 aromatic carbocycles. The van der Waals surface area contributed by atoms with Gasteiger partial charge in [-0.3, -0.25) is 4.79 Å². The van der Waals surface area contributed by atoms with Crippen LogP contribution in [0.15, 0.2) is 5.38 Å². The molecule has 1 aromatic heterocycles. The van der Waals surface area contributed by atoms with Crippen LogP contribution in [-0.4, -0.2) is 34.9 Å². The molecule has 0 bridgehead atoms. The Balaban J connectivity index is 1.87. The lowest BCUT2D eigenvalue weighted by Crippen LogP contribution is -2.48. The van der Waals surface area contributed by atoms with Crippen LogP contribution in [0.3, 0.4) is 0 Å². The second-order valence-corrected chi connectivity index (χ2v) is 5.24. The van der Waals surface area contributed by atoms with Gasteiger partial charge in [0.05, 0.1) is 16.7 Å². The number of nitrogens with zero attached hydrogens (tertiary/aromatic N) is 2. The van der Waals surface area contributed by atoms with Gasteiger partial charge in [0.25, 0.3) is 0 Å². The fourth-order valence-corrected chi connectivity index (χ4v) is 2.61. The summed E-state index contributed by atoms with van der Waals surface area (Å²) in [6, 6.07) is -0.286. The Kier molecular flexibility index (Phi) is 3.56. The van der Waals surface area contributed by atoms with Crippen LogP contribution >= 0.6 is 11.3 Å². The van der Waals surface area contributed by atoms with Gasteiger partial charge in [0.15, 0.2) is 0 Å². The summed E-state index contributed by atoms with van der Waals surface area (Å²) in [5.74, 6) is 0.0956. The van der Waals surface area contributed by atoms with Crippen LogP contribution in [-0.2, 0) is 11.2 Å². The molecule has 1 atom stereocenters. The number of piperidine rings is 1. The molecular formula is C11H17N3OS. The lowest BCUT2D eigenvalue weighted by Gasteiger charge is -2.30.